The molecule has 0 bridgehead atoms. The van der Waals surface area contributed by atoms with Crippen LogP contribution < -0.4 is 9.64 Å². The lowest BCUT2D eigenvalue weighted by atomic mass is 10.1. The Labute approximate surface area is 166 Å². The SMILES string of the molecule is O=C(O)COc1ccccc1/C=C1/SC(=O)N(c2cccc(C(F)(F)F)c2)C1=O. The number of hydrogen-bond donors (Lipinski definition) is 1. The molecule has 2 aromatic carbocycles. The first-order chi connectivity index (χ1) is 13.7. The number of benzene rings is 2. The molecule has 6 nitrogen and oxygen atoms in total. The number of alkyl halides is 3. The smallest absolute Gasteiger partial charge is 0.416 e. The zero-order chi connectivity index (χ0) is 21.2. The molecule has 29 heavy (non-hydrogen) atoms. The van der Waals surface area contributed by atoms with Crippen LogP contribution in [0, 0.1) is 0 Å². The van der Waals surface area contributed by atoms with E-state index in [0.717, 1.165) is 18.2 Å². The van der Waals surface area contributed by atoms with Crippen LogP contribution in [0.1, 0.15) is 11.1 Å². The van der Waals surface area contributed by atoms with Gasteiger partial charge in [-0.25, -0.2) is 9.69 Å². The molecule has 1 saturated heterocycles. The quantitative estimate of drug-likeness (QED) is 0.718. The molecule has 3 rings (SSSR count). The predicted molar refractivity (Wildman–Crippen MR) is 99.5 cm³/mol. The Hall–Kier alpha value is -3.27. The number of imide groups is 1. The van der Waals surface area contributed by atoms with Gasteiger partial charge >= 0.3 is 12.1 Å². The van der Waals surface area contributed by atoms with Crippen LogP contribution in [0.15, 0.2) is 53.4 Å². The fourth-order valence-corrected chi connectivity index (χ4v) is 3.36. The highest BCUT2D eigenvalue weighted by Crippen LogP contribution is 2.38. The van der Waals surface area contributed by atoms with Gasteiger partial charge in [0.25, 0.3) is 11.1 Å². The summed E-state index contributed by atoms with van der Waals surface area (Å²) in [7, 11) is 0. The van der Waals surface area contributed by atoms with Crippen LogP contribution in [0.5, 0.6) is 5.75 Å². The van der Waals surface area contributed by atoms with Crippen molar-refractivity contribution in [3.05, 3.63) is 64.6 Å². The molecule has 0 radical (unpaired) electrons. The van der Waals surface area contributed by atoms with Crippen LogP contribution >= 0.6 is 11.8 Å². The van der Waals surface area contributed by atoms with Crippen molar-refractivity contribution >= 4 is 40.6 Å². The standard InChI is InChI=1S/C19H12F3NO5S/c20-19(21,22)12-5-3-6-13(9-12)23-17(26)15(29-18(23)27)8-11-4-1-2-7-14(11)28-10-16(24)25/h1-9H,10H2,(H,24,25)/b15-8+. The van der Waals surface area contributed by atoms with E-state index in [1.165, 1.54) is 18.2 Å². The van der Waals surface area contributed by atoms with Crippen molar-refractivity contribution in [3.8, 4) is 5.75 Å². The van der Waals surface area contributed by atoms with Gasteiger partial charge in [0, 0.05) is 5.56 Å². The summed E-state index contributed by atoms with van der Waals surface area (Å²) in [4.78, 5) is 36.3. The van der Waals surface area contributed by atoms with E-state index in [1.54, 1.807) is 18.2 Å². The lowest BCUT2D eigenvalue weighted by molar-refractivity contribution is -0.139. The summed E-state index contributed by atoms with van der Waals surface area (Å²) in [5.74, 6) is -1.79. The van der Waals surface area contributed by atoms with E-state index in [4.69, 9.17) is 9.84 Å². The van der Waals surface area contributed by atoms with Gasteiger partial charge in [0.05, 0.1) is 16.2 Å². The molecule has 0 unspecified atom stereocenters. The number of rotatable bonds is 5. The van der Waals surface area contributed by atoms with Gasteiger partial charge in [-0.2, -0.15) is 13.2 Å². The zero-order valence-electron chi connectivity index (χ0n) is 14.5. The van der Waals surface area contributed by atoms with Crippen molar-refractivity contribution in [2.24, 2.45) is 0 Å². The predicted octanol–water partition coefficient (Wildman–Crippen LogP) is 4.41. The number of nitrogens with zero attached hydrogens (tertiary/aromatic N) is 1. The van der Waals surface area contributed by atoms with Crippen molar-refractivity contribution < 1.29 is 37.4 Å². The van der Waals surface area contributed by atoms with E-state index in [1.807, 2.05) is 0 Å². The Bertz CT molecular complexity index is 1020. The van der Waals surface area contributed by atoms with Crippen molar-refractivity contribution in [2.75, 3.05) is 11.5 Å². The lowest BCUT2D eigenvalue weighted by Gasteiger charge is -2.15. The number of halogens is 3. The van der Waals surface area contributed by atoms with Crippen LogP contribution in [0.2, 0.25) is 0 Å². The van der Waals surface area contributed by atoms with E-state index in [-0.39, 0.29) is 16.3 Å². The Morgan fingerprint density at radius 1 is 1.14 bits per heavy atom. The third-order valence-corrected chi connectivity index (χ3v) is 4.65. The molecule has 2 aromatic rings. The van der Waals surface area contributed by atoms with Gasteiger partial charge in [-0.1, -0.05) is 24.3 Å². The summed E-state index contributed by atoms with van der Waals surface area (Å²) in [6.07, 6.45) is -3.29. The normalized spacial score (nSPS) is 15.8. The molecule has 0 aromatic heterocycles. The van der Waals surface area contributed by atoms with Crippen LogP contribution in [-0.4, -0.2) is 28.8 Å². The van der Waals surface area contributed by atoms with Crippen LogP contribution in [-0.2, 0) is 15.8 Å². The maximum absolute atomic E-state index is 12.9. The summed E-state index contributed by atoms with van der Waals surface area (Å²) in [6, 6.07) is 10.2. The molecule has 1 aliphatic rings. The van der Waals surface area contributed by atoms with Gasteiger partial charge < -0.3 is 9.84 Å². The minimum atomic E-state index is -4.62. The third kappa shape index (κ3) is 4.60. The van der Waals surface area contributed by atoms with E-state index >= 15 is 0 Å². The number of thioether (sulfide) groups is 1. The molecule has 10 heteroatoms. The Kier molecular flexibility index (Phi) is 5.64. The molecule has 1 heterocycles. The number of carbonyl (C=O) groups is 3. The van der Waals surface area contributed by atoms with Crippen molar-refractivity contribution in [1.29, 1.82) is 0 Å². The first-order valence-corrected chi connectivity index (χ1v) is 8.87. The highest BCUT2D eigenvalue weighted by Gasteiger charge is 2.38. The highest BCUT2D eigenvalue weighted by atomic mass is 32.2. The second-order valence-electron chi connectivity index (χ2n) is 5.79. The van der Waals surface area contributed by atoms with Crippen LogP contribution in [0.4, 0.5) is 23.7 Å². The first kappa shape index (κ1) is 20.5. The largest absolute Gasteiger partial charge is 0.481 e. The van der Waals surface area contributed by atoms with Crippen LogP contribution in [0.25, 0.3) is 6.08 Å². The number of ether oxygens (including phenoxy) is 1. The summed E-state index contributed by atoms with van der Waals surface area (Å²) < 4.78 is 43.9. The third-order valence-electron chi connectivity index (χ3n) is 3.78. The molecule has 0 spiro atoms. The molecular formula is C19H12F3NO5S. The molecule has 0 atom stereocenters. The summed E-state index contributed by atoms with van der Waals surface area (Å²) >= 11 is 0.563. The topological polar surface area (TPSA) is 83.9 Å². The van der Waals surface area contributed by atoms with Gasteiger partial charge in [0.2, 0.25) is 0 Å². The van der Waals surface area contributed by atoms with E-state index in [9.17, 15) is 27.6 Å². The van der Waals surface area contributed by atoms with Gasteiger partial charge in [-0.05, 0) is 42.1 Å². The van der Waals surface area contributed by atoms with E-state index in [2.05, 4.69) is 0 Å². The molecule has 2 amide bonds. The number of anilines is 1. The number of carboxylic acid groups (broad SMARTS) is 1. The Morgan fingerprint density at radius 2 is 1.86 bits per heavy atom. The summed E-state index contributed by atoms with van der Waals surface area (Å²) in [5, 5.41) is 7.99. The molecule has 0 saturated carbocycles. The highest BCUT2D eigenvalue weighted by molar-refractivity contribution is 8.19. The second kappa shape index (κ2) is 8.00. The van der Waals surface area contributed by atoms with Gasteiger partial charge in [-0.15, -0.1) is 0 Å². The summed E-state index contributed by atoms with van der Waals surface area (Å²) in [6.45, 7) is -0.601. The average molecular weight is 423 g/mol. The monoisotopic (exact) mass is 423 g/mol. The maximum Gasteiger partial charge on any atom is 0.416 e. The van der Waals surface area contributed by atoms with Crippen molar-refractivity contribution in [1.82, 2.24) is 0 Å². The van der Waals surface area contributed by atoms with Gasteiger partial charge in [0.15, 0.2) is 6.61 Å². The number of carboxylic acids is 1. The fraction of sp³-hybridized carbons (Fsp3) is 0.105. The molecule has 1 fully saturated rings. The number of aliphatic carboxylic acids is 1. The second-order valence-corrected chi connectivity index (χ2v) is 6.78. The molecular weight excluding hydrogens is 411 g/mol. The number of amides is 2. The number of hydrogen-bond acceptors (Lipinski definition) is 5. The number of carbonyl (C=O) groups excluding carboxylic acids is 2. The van der Waals surface area contributed by atoms with E-state index in [0.29, 0.717) is 22.2 Å². The number of para-hydroxylation sites is 1. The minimum absolute atomic E-state index is 0.0289. The van der Waals surface area contributed by atoms with Crippen molar-refractivity contribution in [3.63, 3.8) is 0 Å². The molecule has 1 N–H and O–H groups in total. The molecule has 150 valence electrons. The Balaban J connectivity index is 1.91. The van der Waals surface area contributed by atoms with Crippen molar-refractivity contribution in [2.45, 2.75) is 6.18 Å². The zero-order valence-corrected chi connectivity index (χ0v) is 15.3. The minimum Gasteiger partial charge on any atom is -0.481 e. The lowest BCUT2D eigenvalue weighted by Crippen LogP contribution is -2.28. The summed E-state index contributed by atoms with van der Waals surface area (Å²) in [5.41, 5.74) is -0.824. The molecule has 0 aliphatic carbocycles. The first-order valence-electron chi connectivity index (χ1n) is 8.05. The van der Waals surface area contributed by atoms with Crippen LogP contribution in [0.3, 0.4) is 0 Å². The molecule has 1 aliphatic heterocycles. The Morgan fingerprint density at radius 3 is 2.55 bits per heavy atom. The van der Waals surface area contributed by atoms with Gasteiger partial charge in [-0.3, -0.25) is 9.59 Å². The maximum atomic E-state index is 12.9. The average Bonchev–Trinajstić information content (AvgIpc) is 2.93. The van der Waals surface area contributed by atoms with Gasteiger partial charge in [0.1, 0.15) is 5.75 Å². The fourth-order valence-electron chi connectivity index (χ4n) is 2.52. The van der Waals surface area contributed by atoms with E-state index < -0.39 is 35.5 Å².